The molecule has 3 heterocycles. The van der Waals surface area contributed by atoms with Crippen molar-refractivity contribution in [2.45, 2.75) is 13.0 Å². The minimum absolute atomic E-state index is 0.0839. The number of anilines is 1. The molecule has 9 heteroatoms. The van der Waals surface area contributed by atoms with Crippen LogP contribution in [0.5, 0.6) is 0 Å². The van der Waals surface area contributed by atoms with Crippen LogP contribution in [-0.2, 0) is 16.6 Å². The highest BCUT2D eigenvalue weighted by atomic mass is 32.1. The van der Waals surface area contributed by atoms with Gasteiger partial charge in [-0.2, -0.15) is 0 Å². The van der Waals surface area contributed by atoms with Crippen LogP contribution in [0.15, 0.2) is 54.2 Å². The van der Waals surface area contributed by atoms with Gasteiger partial charge < -0.3 is 19.9 Å². The topological polar surface area (TPSA) is 98.1 Å². The molecule has 0 bridgehead atoms. The number of benzene rings is 1. The van der Waals surface area contributed by atoms with Crippen molar-refractivity contribution in [3.63, 3.8) is 0 Å². The molecule has 8 nitrogen and oxygen atoms in total. The Morgan fingerprint density at radius 1 is 1.22 bits per heavy atom. The molecule has 0 spiro atoms. The maximum Gasteiger partial charge on any atom is 0.254 e. The molecule has 2 amide bonds. The van der Waals surface area contributed by atoms with E-state index >= 15 is 0 Å². The van der Waals surface area contributed by atoms with Gasteiger partial charge in [-0.05, 0) is 42.6 Å². The number of rotatable bonds is 7. The van der Waals surface area contributed by atoms with Gasteiger partial charge in [-0.1, -0.05) is 6.07 Å². The van der Waals surface area contributed by atoms with Crippen molar-refractivity contribution in [1.82, 2.24) is 19.9 Å². The van der Waals surface area contributed by atoms with Gasteiger partial charge in [0, 0.05) is 42.7 Å². The van der Waals surface area contributed by atoms with Gasteiger partial charge in [-0.25, -0.2) is 4.98 Å². The molecule has 4 rings (SSSR count). The third-order valence-electron chi connectivity index (χ3n) is 5.03. The molecule has 0 aliphatic carbocycles. The van der Waals surface area contributed by atoms with E-state index in [0.717, 1.165) is 10.4 Å². The fraction of sp³-hybridized carbons (Fsp3) is 0.217. The summed E-state index contributed by atoms with van der Waals surface area (Å²) in [5.74, 6) is 0.140. The fourth-order valence-electron chi connectivity index (χ4n) is 3.57. The first-order valence-electron chi connectivity index (χ1n) is 10.0. The number of thiophene rings is 1. The van der Waals surface area contributed by atoms with E-state index in [0.29, 0.717) is 28.1 Å². The molecule has 0 radical (unpaired) electrons. The van der Waals surface area contributed by atoms with Crippen LogP contribution in [0.1, 0.15) is 28.2 Å². The highest BCUT2D eigenvalue weighted by molar-refractivity contribution is 7.10. The summed E-state index contributed by atoms with van der Waals surface area (Å²) in [4.78, 5) is 35.3. The monoisotopic (exact) mass is 449 g/mol. The van der Waals surface area contributed by atoms with E-state index in [1.807, 2.05) is 48.2 Å². The number of methoxy groups -OCH3 is 1. The Kier molecular flexibility index (Phi) is 6.29. The Hall–Kier alpha value is -3.56. The van der Waals surface area contributed by atoms with Crippen LogP contribution in [0, 0.1) is 0 Å². The van der Waals surface area contributed by atoms with E-state index in [4.69, 9.17) is 9.72 Å². The summed E-state index contributed by atoms with van der Waals surface area (Å²) >= 11 is 1.58. The Morgan fingerprint density at radius 2 is 2.00 bits per heavy atom. The number of imidazole rings is 1. The van der Waals surface area contributed by atoms with Gasteiger partial charge in [0.05, 0.1) is 22.6 Å². The SMILES string of the molecule is COCC(=O)Nc1cc(C(=O)N[C@H](C)c2cccs2)c2c(c1)nc(-c1ccncc1)n2C. The van der Waals surface area contributed by atoms with Gasteiger partial charge >= 0.3 is 0 Å². The average molecular weight is 450 g/mol. The van der Waals surface area contributed by atoms with Crippen molar-refractivity contribution >= 4 is 39.9 Å². The van der Waals surface area contributed by atoms with Gasteiger partial charge in [0.25, 0.3) is 5.91 Å². The summed E-state index contributed by atoms with van der Waals surface area (Å²) in [5.41, 5.74) is 3.06. The van der Waals surface area contributed by atoms with Crippen LogP contribution in [-0.4, -0.2) is 40.1 Å². The number of pyridine rings is 1. The zero-order chi connectivity index (χ0) is 22.7. The van der Waals surface area contributed by atoms with E-state index in [1.165, 1.54) is 7.11 Å². The normalized spacial score (nSPS) is 12.0. The zero-order valence-corrected chi connectivity index (χ0v) is 18.8. The molecule has 0 unspecified atom stereocenters. The minimum Gasteiger partial charge on any atom is -0.375 e. The number of aromatic nitrogens is 3. The van der Waals surface area contributed by atoms with Crippen LogP contribution in [0.25, 0.3) is 22.4 Å². The second-order valence-electron chi connectivity index (χ2n) is 7.31. The molecule has 0 aliphatic rings. The van der Waals surface area contributed by atoms with Crippen molar-refractivity contribution in [3.05, 3.63) is 64.6 Å². The molecule has 0 saturated heterocycles. The first-order chi connectivity index (χ1) is 15.5. The lowest BCUT2D eigenvalue weighted by Gasteiger charge is -2.15. The zero-order valence-electron chi connectivity index (χ0n) is 18.0. The quantitative estimate of drug-likeness (QED) is 0.448. The van der Waals surface area contributed by atoms with E-state index in [9.17, 15) is 9.59 Å². The lowest BCUT2D eigenvalue weighted by atomic mass is 10.1. The first kappa shape index (κ1) is 21.7. The standard InChI is InChI=1S/C23H23N5O3S/c1-14(19-5-4-10-32-19)25-23(30)17-11-16(26-20(29)13-31-3)12-18-21(17)28(2)22(27-18)15-6-8-24-9-7-15/h4-12,14H,13H2,1-3H3,(H,25,30)(H,26,29)/t14-/m1/s1. The molecule has 1 aromatic carbocycles. The van der Waals surface area contributed by atoms with Gasteiger partial charge in [-0.3, -0.25) is 14.6 Å². The van der Waals surface area contributed by atoms with Crippen LogP contribution in [0.4, 0.5) is 5.69 Å². The number of aryl methyl sites for hydroxylation is 1. The molecule has 2 N–H and O–H groups in total. The summed E-state index contributed by atoms with van der Waals surface area (Å²) in [6, 6.07) is 10.9. The summed E-state index contributed by atoms with van der Waals surface area (Å²) in [6.45, 7) is 1.86. The molecule has 0 aliphatic heterocycles. The van der Waals surface area contributed by atoms with E-state index in [2.05, 4.69) is 15.6 Å². The molecule has 0 fully saturated rings. The largest absolute Gasteiger partial charge is 0.375 e. The van der Waals surface area contributed by atoms with E-state index < -0.39 is 0 Å². The summed E-state index contributed by atoms with van der Waals surface area (Å²) < 4.78 is 6.79. The third kappa shape index (κ3) is 4.39. The number of carbonyl (C=O) groups excluding carboxylic acids is 2. The second-order valence-corrected chi connectivity index (χ2v) is 8.29. The number of carbonyl (C=O) groups is 2. The van der Waals surface area contributed by atoms with Crippen LogP contribution in [0.3, 0.4) is 0 Å². The Labute approximate surface area is 189 Å². The Bertz CT molecular complexity index is 1250. The molecule has 1 atom stereocenters. The molecule has 0 saturated carbocycles. The van der Waals surface area contributed by atoms with Crippen molar-refractivity contribution in [3.8, 4) is 11.4 Å². The second kappa shape index (κ2) is 9.29. The van der Waals surface area contributed by atoms with E-state index in [-0.39, 0.29) is 24.5 Å². The maximum atomic E-state index is 13.3. The van der Waals surface area contributed by atoms with Crippen LogP contribution >= 0.6 is 11.3 Å². The van der Waals surface area contributed by atoms with Gasteiger partial charge in [0.1, 0.15) is 12.4 Å². The number of nitrogens with zero attached hydrogens (tertiary/aromatic N) is 3. The number of hydrogen-bond acceptors (Lipinski definition) is 6. The smallest absolute Gasteiger partial charge is 0.254 e. The minimum atomic E-state index is -0.310. The number of ether oxygens (including phenoxy) is 1. The molecular weight excluding hydrogens is 426 g/mol. The molecule has 32 heavy (non-hydrogen) atoms. The van der Waals surface area contributed by atoms with Crippen molar-refractivity contribution < 1.29 is 14.3 Å². The van der Waals surface area contributed by atoms with E-state index in [1.54, 1.807) is 35.9 Å². The first-order valence-corrected chi connectivity index (χ1v) is 10.9. The van der Waals surface area contributed by atoms with Gasteiger partial charge in [0.15, 0.2) is 0 Å². The lowest BCUT2D eigenvalue weighted by Crippen LogP contribution is -2.27. The van der Waals surface area contributed by atoms with Crippen LogP contribution < -0.4 is 10.6 Å². The number of nitrogens with one attached hydrogen (secondary N) is 2. The average Bonchev–Trinajstić information content (AvgIpc) is 3.43. The maximum absolute atomic E-state index is 13.3. The lowest BCUT2D eigenvalue weighted by molar-refractivity contribution is -0.119. The summed E-state index contributed by atoms with van der Waals surface area (Å²) in [5, 5.41) is 7.81. The molecule has 164 valence electrons. The number of hydrogen-bond donors (Lipinski definition) is 2. The predicted octanol–water partition coefficient (Wildman–Crippen LogP) is 3.77. The highest BCUT2D eigenvalue weighted by Gasteiger charge is 2.21. The van der Waals surface area contributed by atoms with Gasteiger partial charge in [-0.15, -0.1) is 11.3 Å². The van der Waals surface area contributed by atoms with Crippen LogP contribution in [0.2, 0.25) is 0 Å². The van der Waals surface area contributed by atoms with Crippen molar-refractivity contribution in [2.24, 2.45) is 7.05 Å². The predicted molar refractivity (Wildman–Crippen MR) is 125 cm³/mol. The van der Waals surface area contributed by atoms with Gasteiger partial charge in [0.2, 0.25) is 5.91 Å². The molecule has 4 aromatic rings. The third-order valence-corrected chi connectivity index (χ3v) is 6.08. The van der Waals surface area contributed by atoms with Crippen molar-refractivity contribution in [1.29, 1.82) is 0 Å². The summed E-state index contributed by atoms with van der Waals surface area (Å²) in [6.07, 6.45) is 3.39. The summed E-state index contributed by atoms with van der Waals surface area (Å²) in [7, 11) is 3.32. The van der Waals surface area contributed by atoms with Crippen molar-refractivity contribution in [2.75, 3.05) is 19.0 Å². The number of fused-ring (bicyclic) bond motifs is 1. The Morgan fingerprint density at radius 3 is 2.69 bits per heavy atom. The highest BCUT2D eigenvalue weighted by Crippen LogP contribution is 2.29. The number of amides is 2. The molecule has 3 aromatic heterocycles. The Balaban J connectivity index is 1.79. The fourth-order valence-corrected chi connectivity index (χ4v) is 4.30. The molecular formula is C23H23N5O3S.